The summed E-state index contributed by atoms with van der Waals surface area (Å²) in [7, 11) is 0. The molecule has 106 valence electrons. The van der Waals surface area contributed by atoms with Gasteiger partial charge in [0.25, 0.3) is 5.91 Å². The van der Waals surface area contributed by atoms with E-state index in [-0.39, 0.29) is 5.91 Å². The van der Waals surface area contributed by atoms with Crippen LogP contribution in [0.15, 0.2) is 66.7 Å². The summed E-state index contributed by atoms with van der Waals surface area (Å²) in [5.74, 6) is -0.202. The van der Waals surface area contributed by atoms with Crippen molar-refractivity contribution >= 4 is 23.7 Å². The van der Waals surface area contributed by atoms with E-state index in [9.17, 15) is 10.1 Å². The van der Waals surface area contributed by atoms with Crippen LogP contribution in [0.25, 0.3) is 12.2 Å². The highest BCUT2D eigenvalue weighted by molar-refractivity contribution is 6.06. The SMILES string of the molecule is N#C[C@@H]1C=Cc2ccccc2N1C(=O)/C=C/c1ccccc1. The van der Waals surface area contributed by atoms with Gasteiger partial charge < -0.3 is 0 Å². The van der Waals surface area contributed by atoms with Gasteiger partial charge in [-0.25, -0.2) is 0 Å². The molecular weight excluding hydrogens is 272 g/mol. The summed E-state index contributed by atoms with van der Waals surface area (Å²) in [5, 5.41) is 9.30. The smallest absolute Gasteiger partial charge is 0.252 e. The summed E-state index contributed by atoms with van der Waals surface area (Å²) in [4.78, 5) is 14.1. The second-order valence-electron chi connectivity index (χ2n) is 4.94. The normalized spacial score (nSPS) is 16.3. The van der Waals surface area contributed by atoms with Crippen LogP contribution in [0.2, 0.25) is 0 Å². The molecule has 0 aliphatic carbocycles. The van der Waals surface area contributed by atoms with Crippen LogP contribution >= 0.6 is 0 Å². The monoisotopic (exact) mass is 286 g/mol. The molecule has 0 unspecified atom stereocenters. The molecule has 0 spiro atoms. The third-order valence-corrected chi connectivity index (χ3v) is 3.52. The van der Waals surface area contributed by atoms with Crippen molar-refractivity contribution in [2.75, 3.05) is 4.90 Å². The van der Waals surface area contributed by atoms with Gasteiger partial charge in [-0.3, -0.25) is 9.69 Å². The van der Waals surface area contributed by atoms with Gasteiger partial charge in [0.15, 0.2) is 0 Å². The fourth-order valence-corrected chi connectivity index (χ4v) is 2.45. The van der Waals surface area contributed by atoms with Crippen LogP contribution in [0.5, 0.6) is 0 Å². The Labute approximate surface area is 129 Å². The number of carbonyl (C=O) groups is 1. The number of para-hydroxylation sites is 1. The Morgan fingerprint density at radius 3 is 2.59 bits per heavy atom. The number of anilines is 1. The molecule has 0 saturated carbocycles. The fourth-order valence-electron chi connectivity index (χ4n) is 2.45. The second-order valence-corrected chi connectivity index (χ2v) is 4.94. The topological polar surface area (TPSA) is 44.1 Å². The van der Waals surface area contributed by atoms with Crippen LogP contribution in [0.3, 0.4) is 0 Å². The van der Waals surface area contributed by atoms with Crippen LogP contribution in [-0.2, 0) is 4.79 Å². The number of amides is 1. The maximum absolute atomic E-state index is 12.6. The molecule has 1 heterocycles. The van der Waals surface area contributed by atoms with Gasteiger partial charge >= 0.3 is 0 Å². The van der Waals surface area contributed by atoms with Gasteiger partial charge in [-0.05, 0) is 29.3 Å². The summed E-state index contributed by atoms with van der Waals surface area (Å²) < 4.78 is 0. The lowest BCUT2D eigenvalue weighted by molar-refractivity contribution is -0.114. The fraction of sp³-hybridized carbons (Fsp3) is 0.0526. The molecule has 22 heavy (non-hydrogen) atoms. The number of hydrogen-bond donors (Lipinski definition) is 0. The van der Waals surface area contributed by atoms with E-state index in [0.29, 0.717) is 0 Å². The van der Waals surface area contributed by atoms with Gasteiger partial charge in [0.05, 0.1) is 11.8 Å². The molecule has 0 aromatic heterocycles. The summed E-state index contributed by atoms with van der Waals surface area (Å²) >= 11 is 0. The predicted octanol–water partition coefficient (Wildman–Crippen LogP) is 3.65. The molecule has 0 saturated heterocycles. The number of carbonyl (C=O) groups excluding carboxylic acids is 1. The van der Waals surface area contributed by atoms with E-state index in [0.717, 1.165) is 16.8 Å². The van der Waals surface area contributed by atoms with Gasteiger partial charge in [0.2, 0.25) is 0 Å². The van der Waals surface area contributed by atoms with Gasteiger partial charge in [0.1, 0.15) is 6.04 Å². The van der Waals surface area contributed by atoms with E-state index in [4.69, 9.17) is 0 Å². The molecular formula is C19H14N2O. The highest BCUT2D eigenvalue weighted by Crippen LogP contribution is 2.29. The van der Waals surface area contributed by atoms with Crippen LogP contribution < -0.4 is 4.90 Å². The van der Waals surface area contributed by atoms with E-state index in [1.807, 2.05) is 60.7 Å². The number of benzene rings is 2. The molecule has 1 amide bonds. The van der Waals surface area contributed by atoms with Crippen LogP contribution in [-0.4, -0.2) is 11.9 Å². The number of nitrogens with zero attached hydrogens (tertiary/aromatic N) is 2. The maximum atomic E-state index is 12.6. The third-order valence-electron chi connectivity index (χ3n) is 3.52. The first kappa shape index (κ1) is 13.8. The number of fused-ring (bicyclic) bond motifs is 1. The first-order chi connectivity index (χ1) is 10.8. The highest BCUT2D eigenvalue weighted by atomic mass is 16.2. The quantitative estimate of drug-likeness (QED) is 0.791. The van der Waals surface area contributed by atoms with Crippen molar-refractivity contribution in [2.45, 2.75) is 6.04 Å². The van der Waals surface area contributed by atoms with Crippen molar-refractivity contribution in [2.24, 2.45) is 0 Å². The zero-order chi connectivity index (χ0) is 15.4. The van der Waals surface area contributed by atoms with E-state index in [2.05, 4.69) is 6.07 Å². The zero-order valence-electron chi connectivity index (χ0n) is 11.9. The lowest BCUT2D eigenvalue weighted by atomic mass is 10.0. The summed E-state index contributed by atoms with van der Waals surface area (Å²) in [6, 6.07) is 18.8. The van der Waals surface area contributed by atoms with Crippen molar-refractivity contribution in [3.8, 4) is 6.07 Å². The molecule has 2 aromatic rings. The Hall–Kier alpha value is -3.12. The van der Waals surface area contributed by atoms with Crippen molar-refractivity contribution in [1.82, 2.24) is 0 Å². The van der Waals surface area contributed by atoms with Crippen LogP contribution in [0.4, 0.5) is 5.69 Å². The highest BCUT2D eigenvalue weighted by Gasteiger charge is 2.26. The van der Waals surface area contributed by atoms with Gasteiger partial charge in [-0.1, -0.05) is 54.6 Å². The van der Waals surface area contributed by atoms with Gasteiger partial charge in [-0.2, -0.15) is 5.26 Å². The first-order valence-corrected chi connectivity index (χ1v) is 7.03. The van der Waals surface area contributed by atoms with E-state index in [1.54, 1.807) is 12.2 Å². The van der Waals surface area contributed by atoms with E-state index < -0.39 is 6.04 Å². The average molecular weight is 286 g/mol. The molecule has 1 aliphatic rings. The molecule has 0 radical (unpaired) electrons. The van der Waals surface area contributed by atoms with Gasteiger partial charge in [0, 0.05) is 6.08 Å². The molecule has 3 nitrogen and oxygen atoms in total. The zero-order valence-corrected chi connectivity index (χ0v) is 11.9. The van der Waals surface area contributed by atoms with Crippen molar-refractivity contribution in [3.63, 3.8) is 0 Å². The predicted molar refractivity (Wildman–Crippen MR) is 87.8 cm³/mol. The molecule has 1 aliphatic heterocycles. The Bertz CT molecular complexity index is 785. The molecule has 0 N–H and O–H groups in total. The van der Waals surface area contributed by atoms with Gasteiger partial charge in [-0.15, -0.1) is 0 Å². The third kappa shape index (κ3) is 2.68. The number of rotatable bonds is 2. The average Bonchev–Trinajstić information content (AvgIpc) is 2.59. The summed E-state index contributed by atoms with van der Waals surface area (Å²) in [6.07, 6.45) is 6.90. The summed E-state index contributed by atoms with van der Waals surface area (Å²) in [6.45, 7) is 0. The molecule has 2 aromatic carbocycles. The molecule has 1 atom stereocenters. The van der Waals surface area contributed by atoms with Crippen molar-refractivity contribution < 1.29 is 4.79 Å². The number of hydrogen-bond acceptors (Lipinski definition) is 2. The summed E-state index contributed by atoms with van der Waals surface area (Å²) in [5.41, 5.74) is 2.65. The Kier molecular flexibility index (Phi) is 3.84. The molecule has 0 fully saturated rings. The minimum atomic E-state index is -0.581. The Morgan fingerprint density at radius 2 is 1.82 bits per heavy atom. The lowest BCUT2D eigenvalue weighted by Gasteiger charge is -2.29. The molecule has 3 rings (SSSR count). The van der Waals surface area contributed by atoms with Crippen molar-refractivity contribution in [3.05, 3.63) is 77.9 Å². The molecule has 0 bridgehead atoms. The van der Waals surface area contributed by atoms with Crippen molar-refractivity contribution in [1.29, 1.82) is 5.26 Å². The lowest BCUT2D eigenvalue weighted by Crippen LogP contribution is -2.39. The Morgan fingerprint density at radius 1 is 1.09 bits per heavy atom. The largest absolute Gasteiger partial charge is 0.288 e. The van der Waals surface area contributed by atoms with E-state index >= 15 is 0 Å². The van der Waals surface area contributed by atoms with E-state index in [1.165, 1.54) is 11.0 Å². The Balaban J connectivity index is 1.92. The first-order valence-electron chi connectivity index (χ1n) is 7.03. The molecule has 3 heteroatoms. The van der Waals surface area contributed by atoms with Crippen LogP contribution in [0.1, 0.15) is 11.1 Å². The second kappa shape index (κ2) is 6.11. The standard InChI is InChI=1S/C19H14N2O/c20-14-17-12-11-16-8-4-5-9-18(16)21(17)19(22)13-10-15-6-2-1-3-7-15/h1-13,17H/b13-10+/t17-/m0/s1. The maximum Gasteiger partial charge on any atom is 0.252 e. The van der Waals surface area contributed by atoms with Crippen LogP contribution in [0, 0.1) is 11.3 Å². The minimum Gasteiger partial charge on any atom is -0.288 e. The minimum absolute atomic E-state index is 0.202. The number of nitriles is 1.